The maximum absolute atomic E-state index is 6.17. The first kappa shape index (κ1) is 20.1. The first-order valence-corrected chi connectivity index (χ1v) is 9.28. The van der Waals surface area contributed by atoms with E-state index in [1.165, 1.54) is 0 Å². The highest BCUT2D eigenvalue weighted by atomic mass is 35.5. The van der Waals surface area contributed by atoms with Crippen molar-refractivity contribution in [2.45, 2.75) is 0 Å². The van der Waals surface area contributed by atoms with Crippen molar-refractivity contribution >= 4 is 69.4 Å². The molecule has 0 radical (unpaired) electrons. The van der Waals surface area contributed by atoms with Gasteiger partial charge >= 0.3 is 0 Å². The zero-order valence-electron chi connectivity index (χ0n) is 13.4. The van der Waals surface area contributed by atoms with Crippen LogP contribution in [0.3, 0.4) is 0 Å². The Balaban J connectivity index is 1.97. The first-order chi connectivity index (χ1) is 12.8. The normalized spacial score (nSPS) is 10.7. The summed E-state index contributed by atoms with van der Waals surface area (Å²) >= 11 is 30.8. The fourth-order valence-corrected chi connectivity index (χ4v) is 3.28. The van der Waals surface area contributed by atoms with Gasteiger partial charge in [0, 0.05) is 11.1 Å². The van der Waals surface area contributed by atoms with Gasteiger partial charge in [-0.05, 0) is 36.4 Å². The van der Waals surface area contributed by atoms with Gasteiger partial charge in [0.15, 0.2) is 11.5 Å². The molecule has 4 N–H and O–H groups in total. The van der Waals surface area contributed by atoms with E-state index in [1.807, 2.05) is 0 Å². The quantitative estimate of drug-likeness (QED) is 0.388. The van der Waals surface area contributed by atoms with Crippen LogP contribution in [-0.4, -0.2) is 0 Å². The second-order valence-electron chi connectivity index (χ2n) is 5.39. The molecule has 0 aliphatic rings. The maximum atomic E-state index is 6.17. The topological polar surface area (TPSA) is 70.5 Å². The van der Waals surface area contributed by atoms with E-state index in [0.717, 1.165) is 0 Å². The molecule has 0 heterocycles. The summed E-state index contributed by atoms with van der Waals surface area (Å²) in [5, 5.41) is 1.30. The highest BCUT2D eigenvalue weighted by Gasteiger charge is 2.15. The van der Waals surface area contributed by atoms with E-state index in [9.17, 15) is 0 Å². The van der Waals surface area contributed by atoms with Crippen molar-refractivity contribution in [2.24, 2.45) is 0 Å². The van der Waals surface area contributed by atoms with Crippen LogP contribution >= 0.6 is 58.0 Å². The van der Waals surface area contributed by atoms with Crippen LogP contribution in [0.2, 0.25) is 25.1 Å². The minimum atomic E-state index is 0.187. The number of nitrogens with two attached hydrogens (primary N) is 2. The average Bonchev–Trinajstić information content (AvgIpc) is 2.62. The molecule has 3 aromatic carbocycles. The second kappa shape index (κ2) is 8.13. The fourth-order valence-electron chi connectivity index (χ4n) is 2.17. The number of hydrogen-bond donors (Lipinski definition) is 2. The predicted molar refractivity (Wildman–Crippen MR) is 113 cm³/mol. The lowest BCUT2D eigenvalue weighted by Crippen LogP contribution is -1.94. The lowest BCUT2D eigenvalue weighted by Gasteiger charge is -2.14. The van der Waals surface area contributed by atoms with Crippen LogP contribution in [0.15, 0.2) is 42.5 Å². The first-order valence-electron chi connectivity index (χ1n) is 7.39. The van der Waals surface area contributed by atoms with Crippen LogP contribution in [-0.2, 0) is 0 Å². The lowest BCUT2D eigenvalue weighted by molar-refractivity contribution is 0.461. The fraction of sp³-hybridized carbons (Fsp3) is 0. The third kappa shape index (κ3) is 4.42. The minimum absolute atomic E-state index is 0.187. The third-order valence-electron chi connectivity index (χ3n) is 3.44. The van der Waals surface area contributed by atoms with Gasteiger partial charge in [-0.25, -0.2) is 0 Å². The molecule has 0 aromatic heterocycles. The number of rotatable bonds is 4. The Morgan fingerprint density at radius 3 is 1.41 bits per heavy atom. The van der Waals surface area contributed by atoms with Crippen LogP contribution in [0.5, 0.6) is 23.0 Å². The molecule has 3 aromatic rings. The molecule has 0 amide bonds. The van der Waals surface area contributed by atoms with Crippen LogP contribution in [0, 0.1) is 0 Å². The number of nitrogen functional groups attached to an aromatic ring is 2. The number of hydrogen-bond acceptors (Lipinski definition) is 4. The van der Waals surface area contributed by atoms with Gasteiger partial charge in [-0.1, -0.05) is 58.0 Å². The summed E-state index contributed by atoms with van der Waals surface area (Å²) in [6.45, 7) is 0. The molecule has 140 valence electrons. The van der Waals surface area contributed by atoms with Crippen LogP contribution in [0.25, 0.3) is 0 Å². The van der Waals surface area contributed by atoms with Gasteiger partial charge in [-0.3, -0.25) is 0 Å². The van der Waals surface area contributed by atoms with Gasteiger partial charge in [-0.15, -0.1) is 0 Å². The SMILES string of the molecule is Nc1ccc(Cl)c(Oc2cc(Cl)cc(Oc3c(Cl)ccc(N)c3Cl)c2)c1Cl. The van der Waals surface area contributed by atoms with Crippen LogP contribution < -0.4 is 20.9 Å². The molecule has 0 aliphatic heterocycles. The number of benzene rings is 3. The monoisotopic (exact) mass is 462 g/mol. The van der Waals surface area contributed by atoms with Crippen LogP contribution in [0.1, 0.15) is 0 Å². The average molecular weight is 465 g/mol. The van der Waals surface area contributed by atoms with Gasteiger partial charge in [0.1, 0.15) is 21.5 Å². The Morgan fingerprint density at radius 2 is 1.00 bits per heavy atom. The molecule has 4 nitrogen and oxygen atoms in total. The molecule has 0 bridgehead atoms. The van der Waals surface area contributed by atoms with Crippen LogP contribution in [0.4, 0.5) is 11.4 Å². The Hall–Kier alpha value is -1.69. The van der Waals surface area contributed by atoms with E-state index >= 15 is 0 Å². The summed E-state index contributed by atoms with van der Waals surface area (Å²) in [4.78, 5) is 0. The smallest absolute Gasteiger partial charge is 0.166 e. The lowest BCUT2D eigenvalue weighted by atomic mass is 10.2. The summed E-state index contributed by atoms with van der Waals surface area (Å²) in [7, 11) is 0. The summed E-state index contributed by atoms with van der Waals surface area (Å²) in [6.07, 6.45) is 0. The molecular weight excluding hydrogens is 453 g/mol. The molecule has 0 fully saturated rings. The second-order valence-corrected chi connectivity index (χ2v) is 7.39. The van der Waals surface area contributed by atoms with Gasteiger partial charge in [0.2, 0.25) is 0 Å². The van der Waals surface area contributed by atoms with E-state index in [2.05, 4.69) is 0 Å². The van der Waals surface area contributed by atoms with Gasteiger partial charge in [0.05, 0.1) is 21.4 Å². The highest BCUT2D eigenvalue weighted by Crippen LogP contribution is 2.43. The van der Waals surface area contributed by atoms with Gasteiger partial charge < -0.3 is 20.9 Å². The van der Waals surface area contributed by atoms with Crippen molar-refractivity contribution < 1.29 is 9.47 Å². The van der Waals surface area contributed by atoms with E-state index in [1.54, 1.807) is 42.5 Å². The molecular formula is C18H11Cl5N2O2. The molecule has 0 aliphatic carbocycles. The van der Waals surface area contributed by atoms with Crippen molar-refractivity contribution in [2.75, 3.05) is 11.5 Å². The van der Waals surface area contributed by atoms with Crippen molar-refractivity contribution in [3.05, 3.63) is 67.6 Å². The molecule has 0 spiro atoms. The highest BCUT2D eigenvalue weighted by molar-refractivity contribution is 6.39. The molecule has 0 saturated heterocycles. The molecule has 9 heteroatoms. The minimum Gasteiger partial charge on any atom is -0.454 e. The van der Waals surface area contributed by atoms with E-state index in [0.29, 0.717) is 37.9 Å². The standard InChI is InChI=1S/C18H11Cl5N2O2/c19-8-5-9(26-17-11(20)1-3-13(24)15(17)22)7-10(6-8)27-18-12(21)2-4-14(25)16(18)23/h1-7H,24-25H2. The predicted octanol–water partition coefficient (Wildman–Crippen LogP) is 7.70. The molecule has 0 unspecified atom stereocenters. The van der Waals surface area contributed by atoms with Gasteiger partial charge in [0.25, 0.3) is 0 Å². The largest absolute Gasteiger partial charge is 0.454 e. The van der Waals surface area contributed by atoms with Crippen molar-refractivity contribution in [3.8, 4) is 23.0 Å². The molecule has 27 heavy (non-hydrogen) atoms. The summed E-state index contributed by atoms with van der Waals surface area (Å²) in [5.74, 6) is 1.05. The zero-order chi connectivity index (χ0) is 19.7. The Labute approximate surface area is 180 Å². The van der Waals surface area contributed by atoms with E-state index in [4.69, 9.17) is 78.9 Å². The summed E-state index contributed by atoms with van der Waals surface area (Å²) in [5.41, 5.74) is 12.2. The van der Waals surface area contributed by atoms with Gasteiger partial charge in [-0.2, -0.15) is 0 Å². The number of halogens is 5. The summed E-state index contributed by atoms with van der Waals surface area (Å²) < 4.78 is 11.5. The molecule has 0 atom stereocenters. The van der Waals surface area contributed by atoms with Crippen molar-refractivity contribution in [3.63, 3.8) is 0 Å². The van der Waals surface area contributed by atoms with E-state index < -0.39 is 0 Å². The Kier molecular flexibility index (Phi) is 6.04. The molecule has 0 saturated carbocycles. The Morgan fingerprint density at radius 1 is 0.593 bits per heavy atom. The van der Waals surface area contributed by atoms with E-state index in [-0.39, 0.29) is 21.5 Å². The van der Waals surface area contributed by atoms with Crippen molar-refractivity contribution in [1.82, 2.24) is 0 Å². The van der Waals surface area contributed by atoms with Crippen molar-refractivity contribution in [1.29, 1.82) is 0 Å². The zero-order valence-corrected chi connectivity index (χ0v) is 17.2. The maximum Gasteiger partial charge on any atom is 0.166 e. The molecule has 3 rings (SSSR count). The third-order valence-corrected chi connectivity index (χ3v) is 5.04. The Bertz CT molecular complexity index is 949. The summed E-state index contributed by atoms with van der Waals surface area (Å²) in [6, 6.07) is 11.0. The number of anilines is 2. The number of ether oxygens (including phenoxy) is 2.